The average Bonchev–Trinajstić information content (AvgIpc) is 3.53. The first-order valence-electron chi connectivity index (χ1n) is 17.7. The Kier molecular flexibility index (Phi) is 7.87. The van der Waals surface area contributed by atoms with Crippen LogP contribution in [0.25, 0.3) is 60.9 Å². The number of hydrogen-bond donors (Lipinski definition) is 1. The molecule has 0 unspecified atom stereocenters. The molecule has 0 aliphatic rings. The maximum Gasteiger partial charge on any atom is 0.0541 e. The summed E-state index contributed by atoms with van der Waals surface area (Å²) in [7, 11) is 0. The summed E-state index contributed by atoms with van der Waals surface area (Å²) in [5.74, 6) is 0. The molecule has 0 spiro atoms. The van der Waals surface area contributed by atoms with Gasteiger partial charge >= 0.3 is 0 Å². The first kappa shape index (κ1) is 31.2. The summed E-state index contributed by atoms with van der Waals surface area (Å²) in [6, 6.07) is 69.2. The van der Waals surface area contributed by atoms with Gasteiger partial charge < -0.3 is 15.2 Å². The van der Waals surface area contributed by atoms with Gasteiger partial charge in [0.05, 0.1) is 11.0 Å². The van der Waals surface area contributed by atoms with Crippen LogP contribution in [-0.2, 0) is 0 Å². The molecule has 3 heteroatoms. The van der Waals surface area contributed by atoms with E-state index in [0.717, 1.165) is 50.7 Å². The Morgan fingerprint density at radius 2 is 0.923 bits per heavy atom. The van der Waals surface area contributed by atoms with E-state index in [1.807, 2.05) is 6.07 Å². The van der Waals surface area contributed by atoms with Gasteiger partial charge in [0, 0.05) is 39.2 Å². The van der Waals surface area contributed by atoms with Crippen LogP contribution in [0.1, 0.15) is 5.56 Å². The molecule has 0 saturated carbocycles. The van der Waals surface area contributed by atoms with E-state index in [2.05, 4.69) is 204 Å². The molecule has 0 aliphatic carbocycles. The lowest BCUT2D eigenvalue weighted by molar-refractivity contribution is 1.18. The molecule has 2 N–H and O–H groups in total. The maximum atomic E-state index is 6.38. The molecule has 3 nitrogen and oxygen atoms in total. The summed E-state index contributed by atoms with van der Waals surface area (Å²) in [5, 5.41) is 2.54. The molecule has 9 aromatic rings. The predicted molar refractivity (Wildman–Crippen MR) is 221 cm³/mol. The summed E-state index contributed by atoms with van der Waals surface area (Å²) in [6.45, 7) is 2.13. The molecule has 0 amide bonds. The Bertz CT molecular complexity index is 2620. The second kappa shape index (κ2) is 13.1. The lowest BCUT2D eigenvalue weighted by Crippen LogP contribution is -2.09. The second-order valence-electron chi connectivity index (χ2n) is 13.4. The third kappa shape index (κ3) is 5.69. The zero-order valence-corrected chi connectivity index (χ0v) is 28.9. The van der Waals surface area contributed by atoms with Crippen molar-refractivity contribution < 1.29 is 0 Å². The van der Waals surface area contributed by atoms with Crippen LogP contribution >= 0.6 is 0 Å². The second-order valence-corrected chi connectivity index (χ2v) is 13.4. The van der Waals surface area contributed by atoms with Gasteiger partial charge in [-0.1, -0.05) is 121 Å². The van der Waals surface area contributed by atoms with Crippen molar-refractivity contribution >= 4 is 44.6 Å². The van der Waals surface area contributed by atoms with Gasteiger partial charge in [0.2, 0.25) is 0 Å². The third-order valence-corrected chi connectivity index (χ3v) is 9.99. The summed E-state index contributed by atoms with van der Waals surface area (Å²) in [5.41, 5.74) is 22.2. The molecule has 52 heavy (non-hydrogen) atoms. The number of benzene rings is 8. The number of nitrogen functional groups attached to an aromatic ring is 1. The quantitative estimate of drug-likeness (QED) is 0.172. The van der Waals surface area contributed by atoms with Crippen LogP contribution < -0.4 is 10.6 Å². The molecule has 0 atom stereocenters. The molecule has 0 fully saturated rings. The number of nitrogens with zero attached hydrogens (tertiary/aromatic N) is 2. The van der Waals surface area contributed by atoms with Crippen LogP contribution in [0.2, 0.25) is 0 Å². The number of nitrogens with two attached hydrogens (primary N) is 1. The zero-order valence-electron chi connectivity index (χ0n) is 28.9. The summed E-state index contributed by atoms with van der Waals surface area (Å²) >= 11 is 0. The van der Waals surface area contributed by atoms with E-state index in [1.165, 1.54) is 38.5 Å². The predicted octanol–water partition coefficient (Wildman–Crippen LogP) is 13.1. The number of hydrogen-bond acceptors (Lipinski definition) is 2. The SMILES string of the molecule is Cc1cccc(N(c2ccccc2)c2ccc(-c3ccc(N)cc3-c3ccc(-c4ccc(-n5c6ccccc6c6ccccc65)cc4)cc3)cc2)c1. The zero-order chi connectivity index (χ0) is 35.0. The first-order valence-corrected chi connectivity index (χ1v) is 17.7. The van der Waals surface area contributed by atoms with Gasteiger partial charge in [-0.3, -0.25) is 0 Å². The molecule has 8 aromatic carbocycles. The van der Waals surface area contributed by atoms with Crippen LogP contribution in [-0.4, -0.2) is 4.57 Å². The molecule has 1 aromatic heterocycles. The maximum absolute atomic E-state index is 6.38. The van der Waals surface area contributed by atoms with Crippen LogP contribution in [0, 0.1) is 6.92 Å². The first-order chi connectivity index (χ1) is 25.6. The number of fused-ring (bicyclic) bond motifs is 3. The van der Waals surface area contributed by atoms with E-state index >= 15 is 0 Å². The fourth-order valence-electron chi connectivity index (χ4n) is 7.48. The molecule has 1 heterocycles. The van der Waals surface area contributed by atoms with Crippen molar-refractivity contribution in [3.63, 3.8) is 0 Å². The fourth-order valence-corrected chi connectivity index (χ4v) is 7.48. The Hall–Kier alpha value is -6.84. The minimum absolute atomic E-state index is 0.745. The van der Waals surface area contributed by atoms with Gasteiger partial charge in [0.25, 0.3) is 0 Å². The van der Waals surface area contributed by atoms with Crippen molar-refractivity contribution in [2.75, 3.05) is 10.6 Å². The number of rotatable bonds is 7. The summed E-state index contributed by atoms with van der Waals surface area (Å²) in [4.78, 5) is 2.30. The lowest BCUT2D eigenvalue weighted by Gasteiger charge is -2.26. The molecule has 0 saturated heterocycles. The molecule has 0 aliphatic heterocycles. The Morgan fingerprint density at radius 1 is 0.404 bits per heavy atom. The van der Waals surface area contributed by atoms with E-state index < -0.39 is 0 Å². The number of aryl methyl sites for hydroxylation is 1. The van der Waals surface area contributed by atoms with Gasteiger partial charge in [-0.15, -0.1) is 0 Å². The molecule has 9 rings (SSSR count). The molecule has 0 bridgehead atoms. The number of anilines is 4. The van der Waals surface area contributed by atoms with Crippen LogP contribution in [0.5, 0.6) is 0 Å². The molecule has 248 valence electrons. The highest BCUT2D eigenvalue weighted by Gasteiger charge is 2.15. The highest BCUT2D eigenvalue weighted by molar-refractivity contribution is 6.09. The highest BCUT2D eigenvalue weighted by Crippen LogP contribution is 2.39. The molecular weight excluding hydrogens is 631 g/mol. The fraction of sp³-hybridized carbons (Fsp3) is 0.0204. The number of aromatic nitrogens is 1. The van der Waals surface area contributed by atoms with Crippen molar-refractivity contribution in [1.29, 1.82) is 0 Å². The van der Waals surface area contributed by atoms with Gasteiger partial charge in [-0.2, -0.15) is 0 Å². The smallest absolute Gasteiger partial charge is 0.0541 e. The third-order valence-electron chi connectivity index (χ3n) is 9.99. The van der Waals surface area contributed by atoms with Crippen molar-refractivity contribution in [2.24, 2.45) is 0 Å². The van der Waals surface area contributed by atoms with Gasteiger partial charge in [0.15, 0.2) is 0 Å². The van der Waals surface area contributed by atoms with Crippen molar-refractivity contribution in [1.82, 2.24) is 4.57 Å². The Labute approximate surface area is 304 Å². The normalized spacial score (nSPS) is 11.2. The van der Waals surface area contributed by atoms with E-state index in [-0.39, 0.29) is 0 Å². The lowest BCUT2D eigenvalue weighted by atomic mass is 9.92. The standard InChI is InChI=1S/C49H37N3/c1-34-10-9-13-43(32-34)51(40-11-3-2-4-12-40)41-29-24-37(25-30-41)44-31-26-39(50)33-47(44)38-20-18-35(19-21-38)36-22-27-42(28-23-36)52-48-16-7-5-14-45(48)46-15-6-8-17-49(46)52/h2-33H,50H2,1H3. The average molecular weight is 668 g/mol. The monoisotopic (exact) mass is 667 g/mol. The van der Waals surface area contributed by atoms with E-state index in [9.17, 15) is 0 Å². The summed E-state index contributed by atoms with van der Waals surface area (Å²) in [6.07, 6.45) is 0. The van der Waals surface area contributed by atoms with E-state index in [1.54, 1.807) is 0 Å². The molecular formula is C49H37N3. The van der Waals surface area contributed by atoms with Gasteiger partial charge in [0.1, 0.15) is 0 Å². The summed E-state index contributed by atoms with van der Waals surface area (Å²) < 4.78 is 2.35. The molecule has 0 radical (unpaired) electrons. The van der Waals surface area contributed by atoms with Crippen molar-refractivity contribution in [2.45, 2.75) is 6.92 Å². The van der Waals surface area contributed by atoms with E-state index in [4.69, 9.17) is 5.73 Å². The van der Waals surface area contributed by atoms with Gasteiger partial charge in [-0.05, 0) is 119 Å². The van der Waals surface area contributed by atoms with Crippen molar-refractivity contribution in [3.05, 3.63) is 200 Å². The topological polar surface area (TPSA) is 34.2 Å². The largest absolute Gasteiger partial charge is 0.399 e. The van der Waals surface area contributed by atoms with E-state index in [0.29, 0.717) is 0 Å². The van der Waals surface area contributed by atoms with Crippen molar-refractivity contribution in [3.8, 4) is 39.1 Å². The minimum Gasteiger partial charge on any atom is -0.399 e. The Morgan fingerprint density at radius 3 is 1.58 bits per heavy atom. The van der Waals surface area contributed by atoms with Crippen LogP contribution in [0.15, 0.2) is 194 Å². The van der Waals surface area contributed by atoms with Crippen LogP contribution in [0.4, 0.5) is 22.7 Å². The minimum atomic E-state index is 0.745. The number of para-hydroxylation sites is 3. The van der Waals surface area contributed by atoms with Crippen LogP contribution in [0.3, 0.4) is 0 Å². The highest BCUT2D eigenvalue weighted by atomic mass is 15.1. The van der Waals surface area contributed by atoms with Gasteiger partial charge in [-0.25, -0.2) is 0 Å². The Balaban J connectivity index is 1.02.